The lowest BCUT2D eigenvalue weighted by molar-refractivity contribution is 1.50. The molecule has 0 fully saturated rings. The Morgan fingerprint density at radius 2 is 1.45 bits per heavy atom. The fourth-order valence-corrected chi connectivity index (χ4v) is 0.232. The fraction of sp³-hybridized carbons (Fsp3) is 0.455. The lowest BCUT2D eigenvalue weighted by Crippen LogP contribution is -1.55. The van der Waals surface area contributed by atoms with Gasteiger partial charge in [0.25, 0.3) is 0 Å². The largest absolute Gasteiger partial charge is 0.0991 e. The van der Waals surface area contributed by atoms with Gasteiger partial charge in [-0.1, -0.05) is 64.7 Å². The van der Waals surface area contributed by atoms with Crippen LogP contribution in [-0.4, -0.2) is 0 Å². The van der Waals surface area contributed by atoms with Gasteiger partial charge < -0.3 is 0 Å². The second-order valence-corrected chi connectivity index (χ2v) is 1.44. The molecule has 0 N–H and O–H groups in total. The topological polar surface area (TPSA) is 0 Å². The van der Waals surface area contributed by atoms with Crippen molar-refractivity contribution in [3.63, 3.8) is 0 Å². The molecule has 0 aliphatic rings. The first-order valence-corrected chi connectivity index (χ1v) is 4.22. The number of hydrogen-bond donors (Lipinski definition) is 0. The van der Waals surface area contributed by atoms with Crippen LogP contribution in [0.5, 0.6) is 0 Å². The molecule has 0 heteroatoms. The van der Waals surface area contributed by atoms with E-state index in [1.807, 2.05) is 46.8 Å². The molecule has 0 spiro atoms. The SMILES string of the molecule is C=C/C=C\C(=C)C.CC.CC. The summed E-state index contributed by atoms with van der Waals surface area (Å²) in [7, 11) is 0. The Kier molecular flexibility index (Phi) is 34.6. The van der Waals surface area contributed by atoms with Crippen molar-refractivity contribution in [2.75, 3.05) is 0 Å². The van der Waals surface area contributed by atoms with Crippen molar-refractivity contribution in [2.45, 2.75) is 34.6 Å². The fourth-order valence-electron chi connectivity index (χ4n) is 0.232. The summed E-state index contributed by atoms with van der Waals surface area (Å²) in [5, 5.41) is 0. The maximum atomic E-state index is 3.66. The third kappa shape index (κ3) is 46.4. The van der Waals surface area contributed by atoms with Crippen LogP contribution >= 0.6 is 0 Å². The highest BCUT2D eigenvalue weighted by molar-refractivity contribution is 5.15. The molecule has 0 radical (unpaired) electrons. The van der Waals surface area contributed by atoms with Gasteiger partial charge in [-0.25, -0.2) is 0 Å². The first-order valence-electron chi connectivity index (χ1n) is 4.22. The number of rotatable bonds is 2. The molecule has 0 amide bonds. The standard InChI is InChI=1S/C7H10.2C2H6/c1-4-5-6-7(2)3;2*1-2/h4-6H,1-2H2,3H3;2*1-2H3/b6-5-;;. The summed E-state index contributed by atoms with van der Waals surface area (Å²) in [6, 6.07) is 0. The molecule has 0 aromatic heterocycles. The molecule has 0 rings (SSSR count). The van der Waals surface area contributed by atoms with E-state index in [-0.39, 0.29) is 0 Å². The molecule has 0 nitrogen and oxygen atoms in total. The lowest BCUT2D eigenvalue weighted by atomic mass is 10.3. The van der Waals surface area contributed by atoms with E-state index in [0.29, 0.717) is 0 Å². The average Bonchev–Trinajstić information content (AvgIpc) is 2.08. The van der Waals surface area contributed by atoms with Gasteiger partial charge in [0.2, 0.25) is 0 Å². The molecule has 0 aromatic rings. The highest BCUT2D eigenvalue weighted by Crippen LogP contribution is 1.86. The summed E-state index contributed by atoms with van der Waals surface area (Å²) < 4.78 is 0. The van der Waals surface area contributed by atoms with Gasteiger partial charge in [-0.15, -0.1) is 0 Å². The van der Waals surface area contributed by atoms with Crippen molar-refractivity contribution in [2.24, 2.45) is 0 Å². The average molecular weight is 154 g/mol. The maximum absolute atomic E-state index is 3.66. The van der Waals surface area contributed by atoms with E-state index in [1.165, 1.54) is 0 Å². The predicted octanol–water partition coefficient (Wildman–Crippen LogP) is 4.36. The van der Waals surface area contributed by atoms with Crippen LogP contribution in [0.3, 0.4) is 0 Å². The van der Waals surface area contributed by atoms with Crippen molar-refractivity contribution in [3.8, 4) is 0 Å². The van der Waals surface area contributed by atoms with Crippen molar-refractivity contribution in [3.05, 3.63) is 37.0 Å². The Hall–Kier alpha value is -0.780. The van der Waals surface area contributed by atoms with Crippen LogP contribution < -0.4 is 0 Å². The highest BCUT2D eigenvalue weighted by Gasteiger charge is 1.65. The molecular formula is C11H22. The summed E-state index contributed by atoms with van der Waals surface area (Å²) in [6.07, 6.45) is 5.50. The van der Waals surface area contributed by atoms with E-state index >= 15 is 0 Å². The van der Waals surface area contributed by atoms with E-state index in [2.05, 4.69) is 13.2 Å². The molecule has 0 saturated carbocycles. The zero-order valence-corrected chi connectivity index (χ0v) is 8.65. The molecule has 0 aliphatic carbocycles. The van der Waals surface area contributed by atoms with Crippen LogP contribution in [0.25, 0.3) is 0 Å². The Bertz CT molecular complexity index is 96.6. The van der Waals surface area contributed by atoms with Crippen molar-refractivity contribution >= 4 is 0 Å². The Labute approximate surface area is 72.3 Å². The molecule has 0 bridgehead atoms. The third-order valence-electron chi connectivity index (χ3n) is 0.517. The smallest absolute Gasteiger partial charge is 0.0404 e. The normalized spacial score (nSPS) is 7.00. The van der Waals surface area contributed by atoms with E-state index in [4.69, 9.17) is 0 Å². The Morgan fingerprint density at radius 3 is 1.55 bits per heavy atom. The molecule has 0 aliphatic heterocycles. The van der Waals surface area contributed by atoms with Crippen LogP contribution in [0, 0.1) is 0 Å². The molecular weight excluding hydrogens is 132 g/mol. The first kappa shape index (κ1) is 16.7. The summed E-state index contributed by atoms with van der Waals surface area (Å²) in [6.45, 7) is 17.1. The Morgan fingerprint density at radius 1 is 1.09 bits per heavy atom. The van der Waals surface area contributed by atoms with Gasteiger partial charge in [0, 0.05) is 0 Å². The predicted molar refractivity (Wildman–Crippen MR) is 56.8 cm³/mol. The minimum Gasteiger partial charge on any atom is -0.0991 e. The van der Waals surface area contributed by atoms with E-state index in [0.717, 1.165) is 5.57 Å². The second-order valence-electron chi connectivity index (χ2n) is 1.44. The van der Waals surface area contributed by atoms with Gasteiger partial charge in [-0.05, 0) is 6.92 Å². The van der Waals surface area contributed by atoms with Crippen LogP contribution in [0.2, 0.25) is 0 Å². The Balaban J connectivity index is -0.000000138. The van der Waals surface area contributed by atoms with Crippen molar-refractivity contribution in [1.82, 2.24) is 0 Å². The van der Waals surface area contributed by atoms with Gasteiger partial charge in [-0.3, -0.25) is 0 Å². The van der Waals surface area contributed by atoms with Crippen LogP contribution in [-0.2, 0) is 0 Å². The number of hydrogen-bond acceptors (Lipinski definition) is 0. The summed E-state index contributed by atoms with van der Waals surface area (Å²) >= 11 is 0. The summed E-state index contributed by atoms with van der Waals surface area (Å²) in [5.41, 5.74) is 1.06. The van der Waals surface area contributed by atoms with Crippen molar-refractivity contribution in [1.29, 1.82) is 0 Å². The lowest BCUT2D eigenvalue weighted by Gasteiger charge is -1.77. The van der Waals surface area contributed by atoms with Gasteiger partial charge in [0.1, 0.15) is 0 Å². The molecule has 0 aromatic carbocycles. The molecule has 0 unspecified atom stereocenters. The molecule has 0 saturated heterocycles. The summed E-state index contributed by atoms with van der Waals surface area (Å²) in [5.74, 6) is 0. The van der Waals surface area contributed by atoms with Gasteiger partial charge in [0.05, 0.1) is 0 Å². The molecule has 0 atom stereocenters. The molecule has 0 heterocycles. The molecule has 11 heavy (non-hydrogen) atoms. The molecule has 66 valence electrons. The zero-order valence-electron chi connectivity index (χ0n) is 8.65. The quantitative estimate of drug-likeness (QED) is 0.518. The zero-order chi connectivity index (χ0) is 9.70. The van der Waals surface area contributed by atoms with Gasteiger partial charge in [0.15, 0.2) is 0 Å². The van der Waals surface area contributed by atoms with E-state index in [1.54, 1.807) is 6.08 Å². The third-order valence-corrected chi connectivity index (χ3v) is 0.517. The monoisotopic (exact) mass is 154 g/mol. The minimum absolute atomic E-state index is 1.06. The van der Waals surface area contributed by atoms with Crippen LogP contribution in [0.4, 0.5) is 0 Å². The van der Waals surface area contributed by atoms with Crippen LogP contribution in [0.15, 0.2) is 37.0 Å². The van der Waals surface area contributed by atoms with Crippen LogP contribution in [0.1, 0.15) is 34.6 Å². The van der Waals surface area contributed by atoms with E-state index in [9.17, 15) is 0 Å². The van der Waals surface area contributed by atoms with Gasteiger partial charge in [-0.2, -0.15) is 0 Å². The maximum Gasteiger partial charge on any atom is -0.0404 e. The van der Waals surface area contributed by atoms with Crippen molar-refractivity contribution < 1.29 is 0 Å². The highest BCUT2D eigenvalue weighted by atomic mass is 13.7. The second kappa shape index (κ2) is 22.9. The van der Waals surface area contributed by atoms with E-state index < -0.39 is 0 Å². The number of allylic oxidation sites excluding steroid dienone is 4. The summed E-state index contributed by atoms with van der Waals surface area (Å²) in [4.78, 5) is 0. The first-order chi connectivity index (χ1) is 5.27. The van der Waals surface area contributed by atoms with Gasteiger partial charge >= 0.3 is 0 Å². The minimum atomic E-state index is 1.06.